The number of fused-ring (bicyclic) bond motifs is 1. The van der Waals surface area contributed by atoms with Crippen molar-refractivity contribution in [1.29, 1.82) is 0 Å². The van der Waals surface area contributed by atoms with Crippen LogP contribution >= 0.6 is 11.8 Å². The summed E-state index contributed by atoms with van der Waals surface area (Å²) < 4.78 is 5.01. The number of carbonyl (C=O) groups excluding carboxylic acids is 1. The number of aromatic nitrogens is 2. The fourth-order valence-corrected chi connectivity index (χ4v) is 4.20. The van der Waals surface area contributed by atoms with Crippen LogP contribution in [-0.4, -0.2) is 16.0 Å². The van der Waals surface area contributed by atoms with Gasteiger partial charge in [-0.25, -0.2) is 0 Å². The number of aryl methyl sites for hydroxylation is 1. The van der Waals surface area contributed by atoms with E-state index in [0.717, 1.165) is 21.2 Å². The quantitative estimate of drug-likeness (QED) is 0.442. The van der Waals surface area contributed by atoms with Crippen LogP contribution in [0.25, 0.3) is 10.8 Å². The molecule has 0 aliphatic carbocycles. The number of thioether (sulfide) groups is 1. The molecular formula is C23H21N3O2S. The van der Waals surface area contributed by atoms with Crippen molar-refractivity contribution in [2.45, 2.75) is 30.5 Å². The summed E-state index contributed by atoms with van der Waals surface area (Å²) in [6.45, 7) is 3.77. The van der Waals surface area contributed by atoms with E-state index in [2.05, 4.69) is 39.7 Å². The van der Waals surface area contributed by atoms with Gasteiger partial charge in [0.15, 0.2) is 5.82 Å². The van der Waals surface area contributed by atoms with Gasteiger partial charge in [0.2, 0.25) is 5.89 Å². The maximum absolute atomic E-state index is 13.0. The normalized spacial score (nSPS) is 12.1. The van der Waals surface area contributed by atoms with Gasteiger partial charge in [0.05, 0.1) is 17.4 Å². The number of nitrogens with one attached hydrogen (secondary N) is 1. The first-order chi connectivity index (χ1) is 14.1. The van der Waals surface area contributed by atoms with Crippen LogP contribution in [0.1, 0.15) is 40.6 Å². The molecule has 29 heavy (non-hydrogen) atoms. The summed E-state index contributed by atoms with van der Waals surface area (Å²) in [5, 5.41) is 9.38. The molecule has 0 aliphatic heterocycles. The molecule has 0 spiro atoms. The second-order valence-corrected chi connectivity index (χ2v) is 7.80. The van der Waals surface area contributed by atoms with Gasteiger partial charge in [-0.15, -0.1) is 11.8 Å². The van der Waals surface area contributed by atoms with Crippen LogP contribution in [0, 0.1) is 6.92 Å². The molecule has 1 heterocycles. The highest BCUT2D eigenvalue weighted by atomic mass is 32.2. The molecular weight excluding hydrogens is 382 g/mol. The van der Waals surface area contributed by atoms with E-state index < -0.39 is 0 Å². The first kappa shape index (κ1) is 19.2. The number of rotatable bonds is 6. The summed E-state index contributed by atoms with van der Waals surface area (Å²) in [5.41, 5.74) is 1.74. The number of hydrogen-bond acceptors (Lipinski definition) is 5. The molecule has 0 radical (unpaired) electrons. The Morgan fingerprint density at radius 3 is 2.66 bits per heavy atom. The zero-order chi connectivity index (χ0) is 20.2. The van der Waals surface area contributed by atoms with E-state index in [1.807, 2.05) is 49.4 Å². The Morgan fingerprint density at radius 2 is 1.83 bits per heavy atom. The Labute approximate surface area is 173 Å². The number of hydrogen-bond donors (Lipinski definition) is 1. The second kappa shape index (κ2) is 8.49. The average molecular weight is 404 g/mol. The largest absolute Gasteiger partial charge is 0.345 e. The number of amides is 1. The van der Waals surface area contributed by atoms with Gasteiger partial charge >= 0.3 is 0 Å². The van der Waals surface area contributed by atoms with Crippen molar-refractivity contribution >= 4 is 28.4 Å². The van der Waals surface area contributed by atoms with Gasteiger partial charge in [-0.3, -0.25) is 4.79 Å². The predicted molar refractivity (Wildman–Crippen MR) is 115 cm³/mol. The molecule has 4 aromatic rings. The third kappa shape index (κ3) is 4.32. The standard InChI is InChI=1S/C23H21N3O2S/c1-15(18-12-7-9-17-8-3-4-10-19(17)18)24-23(27)20-11-5-6-13-21(20)29-14-22-25-16(2)28-26-22/h3-13,15H,14H2,1-2H3,(H,24,27)/t15-/m1/s1. The maximum Gasteiger partial charge on any atom is 0.252 e. The molecule has 6 heteroatoms. The maximum atomic E-state index is 13.0. The van der Waals surface area contributed by atoms with Crippen LogP contribution in [0.3, 0.4) is 0 Å². The highest BCUT2D eigenvalue weighted by Gasteiger charge is 2.17. The van der Waals surface area contributed by atoms with E-state index in [1.54, 1.807) is 6.92 Å². The lowest BCUT2D eigenvalue weighted by atomic mass is 9.99. The molecule has 1 aromatic heterocycles. The fraction of sp³-hybridized carbons (Fsp3) is 0.174. The molecule has 0 aliphatic rings. The lowest BCUT2D eigenvalue weighted by Gasteiger charge is -2.18. The van der Waals surface area contributed by atoms with Gasteiger partial charge in [0.1, 0.15) is 0 Å². The predicted octanol–water partition coefficient (Wildman–Crippen LogP) is 5.31. The summed E-state index contributed by atoms with van der Waals surface area (Å²) in [6, 6.07) is 21.8. The summed E-state index contributed by atoms with van der Waals surface area (Å²) in [7, 11) is 0. The SMILES string of the molecule is Cc1nc(CSc2ccccc2C(=O)N[C@H](C)c2cccc3ccccc23)no1. The van der Waals surface area contributed by atoms with Crippen molar-refractivity contribution in [3.63, 3.8) is 0 Å². The smallest absolute Gasteiger partial charge is 0.252 e. The lowest BCUT2D eigenvalue weighted by Crippen LogP contribution is -2.27. The monoisotopic (exact) mass is 403 g/mol. The van der Waals surface area contributed by atoms with Crippen molar-refractivity contribution in [2.24, 2.45) is 0 Å². The minimum absolute atomic E-state index is 0.0992. The van der Waals surface area contributed by atoms with Crippen LogP contribution in [0.5, 0.6) is 0 Å². The topological polar surface area (TPSA) is 68.0 Å². The highest BCUT2D eigenvalue weighted by Crippen LogP contribution is 2.27. The van der Waals surface area contributed by atoms with Crippen LogP contribution in [0.2, 0.25) is 0 Å². The minimum atomic E-state index is -0.119. The number of nitrogens with zero attached hydrogens (tertiary/aromatic N) is 2. The fourth-order valence-electron chi connectivity index (χ4n) is 3.30. The minimum Gasteiger partial charge on any atom is -0.345 e. The highest BCUT2D eigenvalue weighted by molar-refractivity contribution is 7.98. The molecule has 3 aromatic carbocycles. The van der Waals surface area contributed by atoms with Gasteiger partial charge < -0.3 is 9.84 Å². The zero-order valence-corrected chi connectivity index (χ0v) is 17.1. The van der Waals surface area contributed by atoms with Gasteiger partial charge in [-0.05, 0) is 35.4 Å². The molecule has 0 fully saturated rings. The summed E-state index contributed by atoms with van der Waals surface area (Å²) in [6.07, 6.45) is 0. The van der Waals surface area contributed by atoms with E-state index in [9.17, 15) is 4.79 Å². The molecule has 0 saturated carbocycles. The van der Waals surface area contributed by atoms with Gasteiger partial charge in [0.25, 0.3) is 5.91 Å². The van der Waals surface area contributed by atoms with E-state index in [-0.39, 0.29) is 11.9 Å². The van der Waals surface area contributed by atoms with Crippen molar-refractivity contribution in [2.75, 3.05) is 0 Å². The summed E-state index contributed by atoms with van der Waals surface area (Å²) in [4.78, 5) is 18.1. The van der Waals surface area contributed by atoms with Crippen LogP contribution < -0.4 is 5.32 Å². The van der Waals surface area contributed by atoms with Crippen molar-refractivity contribution in [3.8, 4) is 0 Å². The molecule has 5 nitrogen and oxygen atoms in total. The third-order valence-electron chi connectivity index (χ3n) is 4.70. The van der Waals surface area contributed by atoms with Gasteiger partial charge in [0, 0.05) is 11.8 Å². The molecule has 1 N–H and O–H groups in total. The van der Waals surface area contributed by atoms with Crippen LogP contribution in [0.15, 0.2) is 76.1 Å². The Bertz CT molecular complexity index is 1150. The second-order valence-electron chi connectivity index (χ2n) is 6.78. The summed E-state index contributed by atoms with van der Waals surface area (Å²) in [5.74, 6) is 1.60. The van der Waals surface area contributed by atoms with Crippen LogP contribution in [0.4, 0.5) is 0 Å². The molecule has 1 amide bonds. The molecule has 146 valence electrons. The first-order valence-corrected chi connectivity index (χ1v) is 10.4. The van der Waals surface area contributed by atoms with Crippen molar-refractivity contribution < 1.29 is 9.32 Å². The molecule has 0 bridgehead atoms. The first-order valence-electron chi connectivity index (χ1n) is 9.41. The molecule has 1 atom stereocenters. The molecule has 4 rings (SSSR count). The average Bonchev–Trinajstić information content (AvgIpc) is 3.17. The van der Waals surface area contributed by atoms with E-state index in [4.69, 9.17) is 4.52 Å². The van der Waals surface area contributed by atoms with Crippen LogP contribution in [-0.2, 0) is 5.75 Å². The summed E-state index contributed by atoms with van der Waals surface area (Å²) >= 11 is 1.52. The lowest BCUT2D eigenvalue weighted by molar-refractivity contribution is 0.0937. The molecule has 0 saturated heterocycles. The Kier molecular flexibility index (Phi) is 5.62. The third-order valence-corrected chi connectivity index (χ3v) is 5.77. The van der Waals surface area contributed by atoms with Crippen molar-refractivity contribution in [3.05, 3.63) is 89.6 Å². The number of benzene rings is 3. The van der Waals surface area contributed by atoms with E-state index in [1.165, 1.54) is 11.8 Å². The van der Waals surface area contributed by atoms with Crippen molar-refractivity contribution in [1.82, 2.24) is 15.5 Å². The molecule has 0 unspecified atom stereocenters. The van der Waals surface area contributed by atoms with Gasteiger partial charge in [-0.2, -0.15) is 4.98 Å². The van der Waals surface area contributed by atoms with Gasteiger partial charge in [-0.1, -0.05) is 59.8 Å². The zero-order valence-electron chi connectivity index (χ0n) is 16.3. The van der Waals surface area contributed by atoms with E-state index >= 15 is 0 Å². The number of carbonyl (C=O) groups is 1. The Hall–Kier alpha value is -3.12. The Morgan fingerprint density at radius 1 is 1.07 bits per heavy atom. The Balaban J connectivity index is 1.52. The van der Waals surface area contributed by atoms with E-state index in [0.29, 0.717) is 23.0 Å².